The molecular weight excluding hydrogens is 228 g/mol. The Hall–Kier alpha value is -1.02. The molecule has 0 N–H and O–H groups in total. The highest BCUT2D eigenvalue weighted by atomic mass is 19.4. The van der Waals surface area contributed by atoms with Crippen molar-refractivity contribution in [2.75, 3.05) is 0 Å². The molecule has 0 radical (unpaired) electrons. The predicted molar refractivity (Wildman–Crippen MR) is 25.2 cm³/mol. The second-order valence-electron chi connectivity index (χ2n) is 2.36. The molecule has 0 saturated carbocycles. The molecule has 82 valence electrons. The molecule has 0 aromatic carbocycles. The predicted octanol–water partition coefficient (Wildman–Crippen LogP) is 2.99. The number of allylic oxidation sites excluding steroid dienone is 1. The van der Waals surface area contributed by atoms with Crippen LogP contribution in [-0.4, -0.2) is 18.0 Å². The van der Waals surface area contributed by atoms with Gasteiger partial charge in [-0.05, 0) is 0 Å². The monoisotopic (exact) mass is 228 g/mol. The highest BCUT2D eigenvalue weighted by Crippen LogP contribution is 2.54. The summed E-state index contributed by atoms with van der Waals surface area (Å²) in [5.41, 5.74) is 0. The third-order valence-corrected chi connectivity index (χ3v) is 1.43. The fourth-order valence-electron chi connectivity index (χ4n) is 0.665. The number of alkyl halides is 6. The second kappa shape index (κ2) is 2.51. The van der Waals surface area contributed by atoms with E-state index in [4.69, 9.17) is 0 Å². The molecule has 0 fully saturated rings. The van der Waals surface area contributed by atoms with Gasteiger partial charge in [-0.2, -0.15) is 35.1 Å². The number of ether oxygens (including phenoxy) is 1. The molecule has 1 aliphatic rings. The van der Waals surface area contributed by atoms with Gasteiger partial charge >= 0.3 is 24.0 Å². The molecule has 0 atom stereocenters. The van der Waals surface area contributed by atoms with Crippen LogP contribution in [0.2, 0.25) is 0 Å². The van der Waals surface area contributed by atoms with Gasteiger partial charge in [0.25, 0.3) is 0 Å². The Morgan fingerprint density at radius 3 is 1.71 bits per heavy atom. The maximum atomic E-state index is 12.1. The van der Waals surface area contributed by atoms with Gasteiger partial charge in [-0.25, -0.2) is 0 Å². The lowest BCUT2D eigenvalue weighted by atomic mass is 10.1. The Kier molecular flexibility index (Phi) is 1.98. The maximum absolute atomic E-state index is 12.1. The number of hydrogen-bond acceptors (Lipinski definition) is 1. The van der Waals surface area contributed by atoms with Gasteiger partial charge in [0.1, 0.15) is 0 Å². The Labute approximate surface area is 70.9 Å². The summed E-state index contributed by atoms with van der Waals surface area (Å²) in [4.78, 5) is 0. The van der Waals surface area contributed by atoms with Crippen molar-refractivity contribution in [3.8, 4) is 0 Å². The zero-order valence-corrected chi connectivity index (χ0v) is 5.93. The van der Waals surface area contributed by atoms with Gasteiger partial charge in [-0.3, -0.25) is 0 Å². The molecule has 0 unspecified atom stereocenters. The van der Waals surface area contributed by atoms with E-state index < -0.39 is 29.8 Å². The standard InChI is InChI=1S/C5F8O/c6-1-2(7)14-5(12,13)4(10,11)3(1,8)9. The lowest BCUT2D eigenvalue weighted by Crippen LogP contribution is -2.58. The second-order valence-corrected chi connectivity index (χ2v) is 2.36. The van der Waals surface area contributed by atoms with Gasteiger partial charge in [0, 0.05) is 0 Å². The molecule has 0 bridgehead atoms. The van der Waals surface area contributed by atoms with E-state index in [0.29, 0.717) is 0 Å². The van der Waals surface area contributed by atoms with Gasteiger partial charge in [0.05, 0.1) is 0 Å². The zero-order valence-electron chi connectivity index (χ0n) is 5.93. The molecule has 0 saturated heterocycles. The molecule has 1 nitrogen and oxygen atoms in total. The number of rotatable bonds is 0. The topological polar surface area (TPSA) is 9.23 Å². The van der Waals surface area contributed by atoms with Crippen molar-refractivity contribution in [2.45, 2.75) is 18.0 Å². The molecule has 1 heterocycles. The summed E-state index contributed by atoms with van der Waals surface area (Å²) < 4.78 is 98.9. The minimum Gasteiger partial charge on any atom is -0.399 e. The van der Waals surface area contributed by atoms with E-state index in [2.05, 4.69) is 4.74 Å². The Balaban J connectivity index is 3.36. The van der Waals surface area contributed by atoms with Crippen LogP contribution in [-0.2, 0) is 4.74 Å². The van der Waals surface area contributed by atoms with Crippen LogP contribution in [0.1, 0.15) is 0 Å². The van der Waals surface area contributed by atoms with Crippen molar-refractivity contribution in [3.63, 3.8) is 0 Å². The molecule has 0 aromatic heterocycles. The van der Waals surface area contributed by atoms with Gasteiger partial charge in [0.2, 0.25) is 5.83 Å². The molecule has 9 heteroatoms. The highest BCUT2D eigenvalue weighted by Gasteiger charge is 2.79. The molecule has 14 heavy (non-hydrogen) atoms. The van der Waals surface area contributed by atoms with Crippen LogP contribution in [0.3, 0.4) is 0 Å². The summed E-state index contributed by atoms with van der Waals surface area (Å²) in [6.45, 7) is 0. The summed E-state index contributed by atoms with van der Waals surface area (Å²) in [5.74, 6) is -15.4. The van der Waals surface area contributed by atoms with E-state index in [9.17, 15) is 35.1 Å². The molecule has 1 aliphatic heterocycles. The first-order valence-electron chi connectivity index (χ1n) is 2.92. The molecule has 0 amide bonds. The van der Waals surface area contributed by atoms with Crippen molar-refractivity contribution in [1.29, 1.82) is 0 Å². The van der Waals surface area contributed by atoms with Crippen LogP contribution in [0.25, 0.3) is 0 Å². The summed E-state index contributed by atoms with van der Waals surface area (Å²) in [6, 6.07) is -3.05. The largest absolute Gasteiger partial charge is 0.473 e. The third kappa shape index (κ3) is 1.07. The number of hydrogen-bond donors (Lipinski definition) is 0. The van der Waals surface area contributed by atoms with Crippen LogP contribution in [0.15, 0.2) is 11.8 Å². The van der Waals surface area contributed by atoms with Crippen LogP contribution in [0.4, 0.5) is 35.1 Å². The van der Waals surface area contributed by atoms with Gasteiger partial charge in [0.15, 0.2) is 0 Å². The minimum atomic E-state index is -6.14. The number of halogens is 8. The van der Waals surface area contributed by atoms with Crippen molar-refractivity contribution in [2.24, 2.45) is 0 Å². The SMILES string of the molecule is FC1=C(F)C(F)(F)C(F)(F)C(F)(F)O1. The van der Waals surface area contributed by atoms with E-state index in [1.165, 1.54) is 0 Å². The summed E-state index contributed by atoms with van der Waals surface area (Å²) in [5, 5.41) is 0. The van der Waals surface area contributed by atoms with Gasteiger partial charge in [-0.15, -0.1) is 0 Å². The average molecular weight is 228 g/mol. The van der Waals surface area contributed by atoms with Crippen molar-refractivity contribution < 1.29 is 39.9 Å². The summed E-state index contributed by atoms with van der Waals surface area (Å²) in [6.07, 6.45) is -5.80. The Morgan fingerprint density at radius 1 is 0.857 bits per heavy atom. The van der Waals surface area contributed by atoms with Crippen LogP contribution >= 0.6 is 0 Å². The molecule has 1 rings (SSSR count). The minimum absolute atomic E-state index is 2.41. The van der Waals surface area contributed by atoms with Gasteiger partial charge < -0.3 is 4.74 Å². The van der Waals surface area contributed by atoms with Crippen LogP contribution < -0.4 is 0 Å². The summed E-state index contributed by atoms with van der Waals surface area (Å²) in [7, 11) is 0. The first kappa shape index (κ1) is 11.1. The fraction of sp³-hybridized carbons (Fsp3) is 0.600. The van der Waals surface area contributed by atoms with E-state index in [-0.39, 0.29) is 0 Å². The Morgan fingerprint density at radius 2 is 1.29 bits per heavy atom. The molecule has 0 spiro atoms. The molecule has 0 aromatic rings. The average Bonchev–Trinajstić information content (AvgIpc) is 1.99. The first-order valence-corrected chi connectivity index (χ1v) is 2.92. The van der Waals surface area contributed by atoms with Crippen LogP contribution in [0, 0.1) is 0 Å². The normalized spacial score (nSPS) is 28.6. The first-order chi connectivity index (χ1) is 6.04. The van der Waals surface area contributed by atoms with Crippen molar-refractivity contribution in [1.82, 2.24) is 0 Å². The smallest absolute Gasteiger partial charge is 0.399 e. The van der Waals surface area contributed by atoms with Crippen LogP contribution in [0.5, 0.6) is 0 Å². The van der Waals surface area contributed by atoms with Crippen molar-refractivity contribution in [3.05, 3.63) is 11.8 Å². The molecular formula is C5F8O. The maximum Gasteiger partial charge on any atom is 0.473 e. The summed E-state index contributed by atoms with van der Waals surface area (Å²) >= 11 is 0. The quantitative estimate of drug-likeness (QED) is 0.579. The van der Waals surface area contributed by atoms with E-state index in [0.717, 1.165) is 0 Å². The third-order valence-electron chi connectivity index (χ3n) is 1.43. The molecule has 0 aliphatic carbocycles. The zero-order chi connectivity index (χ0) is 11.4. The van der Waals surface area contributed by atoms with Crippen molar-refractivity contribution >= 4 is 0 Å². The van der Waals surface area contributed by atoms with E-state index in [1.54, 1.807) is 0 Å². The lowest BCUT2D eigenvalue weighted by Gasteiger charge is -2.34. The Bertz CT molecular complexity index is 292. The fourth-order valence-corrected chi connectivity index (χ4v) is 0.665. The van der Waals surface area contributed by atoms with Gasteiger partial charge in [-0.1, -0.05) is 0 Å². The van der Waals surface area contributed by atoms with E-state index in [1.807, 2.05) is 0 Å². The van der Waals surface area contributed by atoms with E-state index >= 15 is 0 Å². The lowest BCUT2D eigenvalue weighted by molar-refractivity contribution is -0.402. The highest BCUT2D eigenvalue weighted by molar-refractivity contribution is 5.17.